The fourth-order valence-corrected chi connectivity index (χ4v) is 1.74. The third kappa shape index (κ3) is 3.56. The minimum atomic E-state index is -1.14. The number of phenolic OH excluding ortho intramolecular Hbond substituents is 2. The number of carbonyl (C=O) groups excluding carboxylic acids is 2. The minimum Gasteiger partial charge on any atom is -0.504 e. The topological polar surface area (TPSA) is 159 Å². The number of nitrogens with zero attached hydrogens (tertiary/aromatic N) is 2. The van der Waals surface area contributed by atoms with Crippen LogP contribution in [0.25, 0.3) is 0 Å². The predicted molar refractivity (Wildman–Crippen MR) is 83.2 cm³/mol. The van der Waals surface area contributed by atoms with Crippen LogP contribution in [0.4, 0.5) is 17.1 Å². The van der Waals surface area contributed by atoms with Gasteiger partial charge in [0, 0.05) is 23.9 Å². The zero-order valence-electron chi connectivity index (χ0n) is 12.0. The molecule has 24 heavy (non-hydrogen) atoms. The van der Waals surface area contributed by atoms with Gasteiger partial charge in [0.15, 0.2) is 11.5 Å². The molecule has 124 valence electrons. The maximum absolute atomic E-state index is 12.0. The first kappa shape index (κ1) is 16.7. The lowest BCUT2D eigenvalue weighted by molar-refractivity contribution is -0.384. The number of hydrogen-bond donors (Lipinski definition) is 4. The van der Waals surface area contributed by atoms with Gasteiger partial charge in [-0.25, -0.2) is 10.9 Å². The fourth-order valence-electron chi connectivity index (χ4n) is 1.74. The number of nitro benzene ring substituents is 1. The molecule has 0 aliphatic carbocycles. The largest absolute Gasteiger partial charge is 0.504 e. The number of hydrogen-bond acceptors (Lipinski definition) is 7. The second-order valence-corrected chi connectivity index (χ2v) is 4.61. The van der Waals surface area contributed by atoms with Crippen LogP contribution < -0.4 is 16.2 Å². The summed E-state index contributed by atoms with van der Waals surface area (Å²) in [5.41, 5.74) is -0.0191. The molecule has 2 aromatic carbocycles. The number of anilines is 2. The van der Waals surface area contributed by atoms with Gasteiger partial charge in [0.25, 0.3) is 5.69 Å². The number of nitrogens with one attached hydrogen (secondary N) is 1. The molecule has 10 nitrogen and oxygen atoms in total. The first-order chi connectivity index (χ1) is 11.3. The third-order valence-electron chi connectivity index (χ3n) is 2.99. The van der Waals surface area contributed by atoms with Gasteiger partial charge in [0.1, 0.15) is 0 Å². The Hall–Kier alpha value is -3.66. The van der Waals surface area contributed by atoms with Gasteiger partial charge in [0.2, 0.25) is 0 Å². The van der Waals surface area contributed by atoms with Crippen molar-refractivity contribution < 1.29 is 24.7 Å². The number of nitrogens with two attached hydrogens (primary N) is 1. The van der Waals surface area contributed by atoms with Gasteiger partial charge in [0.05, 0.1) is 10.6 Å². The maximum Gasteiger partial charge on any atom is 0.330 e. The van der Waals surface area contributed by atoms with E-state index < -0.39 is 28.2 Å². The van der Waals surface area contributed by atoms with E-state index in [0.29, 0.717) is 5.01 Å². The molecule has 0 heterocycles. The Balaban J connectivity index is 2.09. The molecular formula is C14H12N4O6. The number of amides is 2. The number of nitro groups is 1. The lowest BCUT2D eigenvalue weighted by Gasteiger charge is -2.16. The van der Waals surface area contributed by atoms with Crippen molar-refractivity contribution in [1.29, 1.82) is 0 Å². The van der Waals surface area contributed by atoms with Crippen LogP contribution in [0.3, 0.4) is 0 Å². The second kappa shape index (κ2) is 6.62. The van der Waals surface area contributed by atoms with Gasteiger partial charge in [-0.15, -0.1) is 0 Å². The van der Waals surface area contributed by atoms with E-state index in [2.05, 4.69) is 5.32 Å². The molecule has 0 fully saturated rings. The lowest BCUT2D eigenvalue weighted by atomic mass is 10.2. The van der Waals surface area contributed by atoms with Crippen LogP contribution >= 0.6 is 0 Å². The standard InChI is InChI=1S/C14H12N4O6/c15-17(10-5-6-11(19)12(20)7-10)14(22)13(21)16-8-1-3-9(4-2-8)18(23)24/h1-7,19-20H,15H2,(H,16,21). The Kier molecular flexibility index (Phi) is 4.61. The highest BCUT2D eigenvalue weighted by Crippen LogP contribution is 2.28. The van der Waals surface area contributed by atoms with E-state index in [1.807, 2.05) is 0 Å². The Bertz CT molecular complexity index is 805. The van der Waals surface area contributed by atoms with Crippen molar-refractivity contribution >= 4 is 28.9 Å². The molecular weight excluding hydrogens is 320 g/mol. The fraction of sp³-hybridized carbons (Fsp3) is 0. The molecule has 2 amide bonds. The average Bonchev–Trinajstić information content (AvgIpc) is 2.56. The molecule has 0 radical (unpaired) electrons. The van der Waals surface area contributed by atoms with E-state index in [-0.39, 0.29) is 17.1 Å². The van der Waals surface area contributed by atoms with Crippen LogP contribution in [-0.4, -0.2) is 27.0 Å². The van der Waals surface area contributed by atoms with Gasteiger partial charge < -0.3 is 15.5 Å². The number of hydrazine groups is 1. The SMILES string of the molecule is NN(C(=O)C(=O)Nc1ccc([N+](=O)[O-])cc1)c1ccc(O)c(O)c1. The molecule has 0 bridgehead atoms. The van der Waals surface area contributed by atoms with Crippen molar-refractivity contribution in [2.24, 2.45) is 5.84 Å². The van der Waals surface area contributed by atoms with Gasteiger partial charge in [-0.1, -0.05) is 0 Å². The zero-order chi connectivity index (χ0) is 17.9. The summed E-state index contributed by atoms with van der Waals surface area (Å²) in [5, 5.41) is 31.9. The molecule has 0 aromatic heterocycles. The highest BCUT2D eigenvalue weighted by atomic mass is 16.6. The number of phenols is 2. The molecule has 0 aliphatic heterocycles. The van der Waals surface area contributed by atoms with Crippen molar-refractivity contribution in [3.8, 4) is 11.5 Å². The number of aromatic hydroxyl groups is 2. The van der Waals surface area contributed by atoms with Crippen molar-refractivity contribution in [1.82, 2.24) is 0 Å². The lowest BCUT2D eigenvalue weighted by Crippen LogP contribution is -2.44. The Morgan fingerprint density at radius 3 is 2.25 bits per heavy atom. The summed E-state index contributed by atoms with van der Waals surface area (Å²) in [6.45, 7) is 0. The molecule has 0 atom stereocenters. The van der Waals surface area contributed by atoms with E-state index >= 15 is 0 Å². The number of benzene rings is 2. The van der Waals surface area contributed by atoms with E-state index in [0.717, 1.165) is 24.3 Å². The van der Waals surface area contributed by atoms with E-state index in [9.17, 15) is 29.9 Å². The monoisotopic (exact) mass is 332 g/mol. The molecule has 0 unspecified atom stereocenters. The summed E-state index contributed by atoms with van der Waals surface area (Å²) in [5.74, 6) is 2.38. The summed E-state index contributed by atoms with van der Waals surface area (Å²) in [6, 6.07) is 8.19. The molecule has 0 aliphatic rings. The van der Waals surface area contributed by atoms with Crippen molar-refractivity contribution in [3.05, 3.63) is 52.6 Å². The highest BCUT2D eigenvalue weighted by molar-refractivity contribution is 6.44. The van der Waals surface area contributed by atoms with Gasteiger partial charge >= 0.3 is 11.8 Å². The zero-order valence-corrected chi connectivity index (χ0v) is 12.0. The normalized spacial score (nSPS) is 10.0. The molecule has 2 aromatic rings. The van der Waals surface area contributed by atoms with E-state index in [1.54, 1.807) is 0 Å². The van der Waals surface area contributed by atoms with E-state index in [1.165, 1.54) is 18.2 Å². The number of non-ortho nitro benzene ring substituents is 1. The maximum atomic E-state index is 12.0. The first-order valence-electron chi connectivity index (χ1n) is 6.46. The summed E-state index contributed by atoms with van der Waals surface area (Å²) in [6.07, 6.45) is 0. The summed E-state index contributed by atoms with van der Waals surface area (Å²) in [7, 11) is 0. The molecule has 0 saturated heterocycles. The van der Waals surface area contributed by atoms with Crippen LogP contribution in [0.1, 0.15) is 0 Å². The second-order valence-electron chi connectivity index (χ2n) is 4.61. The molecule has 0 spiro atoms. The summed E-state index contributed by atoms with van der Waals surface area (Å²) in [4.78, 5) is 33.8. The molecule has 5 N–H and O–H groups in total. The average molecular weight is 332 g/mol. The molecule has 0 saturated carbocycles. The highest BCUT2D eigenvalue weighted by Gasteiger charge is 2.22. The third-order valence-corrected chi connectivity index (χ3v) is 2.99. The number of carbonyl (C=O) groups is 2. The van der Waals surface area contributed by atoms with Crippen LogP contribution in [-0.2, 0) is 9.59 Å². The van der Waals surface area contributed by atoms with Crippen LogP contribution in [0.2, 0.25) is 0 Å². The van der Waals surface area contributed by atoms with Crippen molar-refractivity contribution in [2.45, 2.75) is 0 Å². The van der Waals surface area contributed by atoms with E-state index in [4.69, 9.17) is 5.84 Å². The molecule has 2 rings (SSSR count). The smallest absolute Gasteiger partial charge is 0.330 e. The quantitative estimate of drug-likeness (QED) is 0.162. The van der Waals surface area contributed by atoms with Gasteiger partial charge in [-0.2, -0.15) is 0 Å². The Labute approximate surface area is 134 Å². The number of rotatable bonds is 3. The molecule has 10 heteroatoms. The van der Waals surface area contributed by atoms with Gasteiger partial charge in [-0.05, 0) is 24.3 Å². The van der Waals surface area contributed by atoms with Crippen LogP contribution in [0.5, 0.6) is 11.5 Å². The van der Waals surface area contributed by atoms with Crippen LogP contribution in [0, 0.1) is 10.1 Å². The van der Waals surface area contributed by atoms with Crippen molar-refractivity contribution in [2.75, 3.05) is 10.3 Å². The Morgan fingerprint density at radius 2 is 1.71 bits per heavy atom. The van der Waals surface area contributed by atoms with Crippen LogP contribution in [0.15, 0.2) is 42.5 Å². The van der Waals surface area contributed by atoms with Gasteiger partial charge in [-0.3, -0.25) is 19.7 Å². The summed E-state index contributed by atoms with van der Waals surface area (Å²) >= 11 is 0. The summed E-state index contributed by atoms with van der Waals surface area (Å²) < 4.78 is 0. The van der Waals surface area contributed by atoms with Crippen molar-refractivity contribution in [3.63, 3.8) is 0 Å². The predicted octanol–water partition coefficient (Wildman–Crippen LogP) is 0.851. The Morgan fingerprint density at radius 1 is 1.08 bits per heavy atom. The first-order valence-corrected chi connectivity index (χ1v) is 6.46. The minimum absolute atomic E-state index is 0.0193.